The number of rotatable bonds is 7. The monoisotopic (exact) mass is 449 g/mol. The summed E-state index contributed by atoms with van der Waals surface area (Å²) < 4.78 is 5.62. The molecule has 1 aromatic carbocycles. The third kappa shape index (κ3) is 3.72. The minimum Gasteiger partial charge on any atom is -0.379 e. The first-order valence-corrected chi connectivity index (χ1v) is 11.8. The molecule has 1 saturated carbocycles. The highest BCUT2D eigenvalue weighted by Crippen LogP contribution is 2.42. The zero-order valence-electron chi connectivity index (χ0n) is 19.5. The maximum Gasteiger partial charge on any atom is 0.274 e. The van der Waals surface area contributed by atoms with Gasteiger partial charge in [0.2, 0.25) is 0 Å². The summed E-state index contributed by atoms with van der Waals surface area (Å²) >= 11 is 0. The summed E-state index contributed by atoms with van der Waals surface area (Å²) in [5.41, 5.74) is 4.72. The summed E-state index contributed by atoms with van der Waals surface area (Å²) in [7, 11) is 1.83. The molecule has 2 aliphatic rings. The second kappa shape index (κ2) is 8.33. The van der Waals surface area contributed by atoms with Crippen LogP contribution in [0.1, 0.15) is 64.5 Å². The lowest BCUT2D eigenvalue weighted by Gasteiger charge is -2.29. The van der Waals surface area contributed by atoms with Gasteiger partial charge in [0.1, 0.15) is 5.69 Å². The Kier molecular flexibility index (Phi) is 5.48. The van der Waals surface area contributed by atoms with Crippen molar-refractivity contribution in [1.82, 2.24) is 25.0 Å². The van der Waals surface area contributed by atoms with E-state index in [-0.39, 0.29) is 17.4 Å². The number of aromatic nitrogens is 3. The number of nitrogens with zero attached hydrogens (tertiary/aromatic N) is 3. The van der Waals surface area contributed by atoms with E-state index in [0.29, 0.717) is 44.1 Å². The summed E-state index contributed by atoms with van der Waals surface area (Å²) in [6.45, 7) is 6.21. The van der Waals surface area contributed by atoms with Gasteiger partial charge in [-0.15, -0.1) is 0 Å². The average Bonchev–Trinajstić information content (AvgIpc) is 3.31. The molecule has 0 bridgehead atoms. The van der Waals surface area contributed by atoms with Crippen LogP contribution in [0, 0.1) is 0 Å². The van der Waals surface area contributed by atoms with E-state index in [2.05, 4.69) is 28.2 Å². The Morgan fingerprint density at radius 3 is 2.82 bits per heavy atom. The molecule has 0 unspecified atom stereocenters. The standard InChI is InChI=1S/C25H31N5O3/c1-4-16-7-6-8-19-17(16)13-21(26-19)23(31)30-12-9-20-18(14-30)22(28-27-20)24(32)29(3)25(10-11-25)15-33-5-2/h6-8,13,26H,4-5,9-12,14-15H2,1-3H3,(H,27,28). The Bertz CT molecular complexity index is 1210. The van der Waals surface area contributed by atoms with Crippen molar-refractivity contribution in [3.8, 4) is 0 Å². The summed E-state index contributed by atoms with van der Waals surface area (Å²) in [6.07, 6.45) is 3.43. The molecule has 1 fully saturated rings. The van der Waals surface area contributed by atoms with Crippen LogP contribution in [0.4, 0.5) is 0 Å². The number of H-pyrrole nitrogens is 2. The predicted octanol–water partition coefficient (Wildman–Crippen LogP) is 3.29. The lowest BCUT2D eigenvalue weighted by molar-refractivity contribution is 0.0455. The van der Waals surface area contributed by atoms with Crippen molar-refractivity contribution in [3.05, 3.63) is 52.5 Å². The molecule has 0 spiro atoms. The largest absolute Gasteiger partial charge is 0.379 e. The Morgan fingerprint density at radius 1 is 1.27 bits per heavy atom. The second-order valence-electron chi connectivity index (χ2n) is 9.15. The van der Waals surface area contributed by atoms with Crippen molar-refractivity contribution in [2.24, 2.45) is 0 Å². The van der Waals surface area contributed by atoms with E-state index < -0.39 is 0 Å². The summed E-state index contributed by atoms with van der Waals surface area (Å²) in [5.74, 6) is -0.168. The van der Waals surface area contributed by atoms with Gasteiger partial charge in [-0.1, -0.05) is 19.1 Å². The highest BCUT2D eigenvalue weighted by molar-refractivity contribution is 5.99. The second-order valence-corrected chi connectivity index (χ2v) is 9.15. The van der Waals surface area contributed by atoms with Crippen LogP contribution >= 0.6 is 0 Å². The molecule has 8 heteroatoms. The molecule has 33 heavy (non-hydrogen) atoms. The first kappa shape index (κ1) is 21.7. The van der Waals surface area contributed by atoms with E-state index in [1.807, 2.05) is 32.2 Å². The van der Waals surface area contributed by atoms with Crippen molar-refractivity contribution >= 4 is 22.7 Å². The van der Waals surface area contributed by atoms with Crippen molar-refractivity contribution in [3.63, 3.8) is 0 Å². The van der Waals surface area contributed by atoms with Crippen LogP contribution in [0.2, 0.25) is 0 Å². The van der Waals surface area contributed by atoms with Gasteiger partial charge in [0, 0.05) is 48.8 Å². The molecular weight excluding hydrogens is 418 g/mol. The zero-order chi connectivity index (χ0) is 23.2. The third-order valence-electron chi connectivity index (χ3n) is 7.21. The zero-order valence-corrected chi connectivity index (χ0v) is 19.5. The van der Waals surface area contributed by atoms with E-state index >= 15 is 0 Å². The maximum absolute atomic E-state index is 13.4. The number of fused-ring (bicyclic) bond motifs is 2. The lowest BCUT2D eigenvalue weighted by Crippen LogP contribution is -2.43. The topological polar surface area (TPSA) is 94.3 Å². The first-order chi connectivity index (χ1) is 16.0. The smallest absolute Gasteiger partial charge is 0.274 e. The SMILES string of the molecule is CCOCC1(N(C)C(=O)c2n[nH]c3c2CN(C(=O)c2cc4c(CC)cccc4[nH]2)CC3)CC1. The number of nitrogens with one attached hydrogen (secondary N) is 2. The van der Waals surface area contributed by atoms with Gasteiger partial charge in [-0.3, -0.25) is 14.7 Å². The molecule has 1 aliphatic heterocycles. The molecule has 1 aliphatic carbocycles. The van der Waals surface area contributed by atoms with Crippen LogP contribution in [0.15, 0.2) is 24.3 Å². The molecule has 2 amide bonds. The Hall–Kier alpha value is -3.13. The fourth-order valence-electron chi connectivity index (χ4n) is 4.84. The predicted molar refractivity (Wildman–Crippen MR) is 125 cm³/mol. The average molecular weight is 450 g/mol. The Morgan fingerprint density at radius 2 is 2.09 bits per heavy atom. The van der Waals surface area contributed by atoms with Crippen LogP contribution in [0.3, 0.4) is 0 Å². The molecule has 0 atom stereocenters. The van der Waals surface area contributed by atoms with Gasteiger partial charge in [0.25, 0.3) is 11.8 Å². The number of aryl methyl sites for hydroxylation is 1. The lowest BCUT2D eigenvalue weighted by atomic mass is 10.0. The van der Waals surface area contributed by atoms with Gasteiger partial charge >= 0.3 is 0 Å². The van der Waals surface area contributed by atoms with Gasteiger partial charge in [0.05, 0.1) is 18.7 Å². The fraction of sp³-hybridized carbons (Fsp3) is 0.480. The number of carbonyl (C=O) groups is 2. The minimum absolute atomic E-state index is 0.0538. The van der Waals surface area contributed by atoms with E-state index in [1.54, 1.807) is 9.80 Å². The molecule has 2 aromatic heterocycles. The van der Waals surface area contributed by atoms with Gasteiger partial charge in [-0.2, -0.15) is 5.10 Å². The van der Waals surface area contributed by atoms with Crippen LogP contribution < -0.4 is 0 Å². The maximum atomic E-state index is 13.4. The number of hydrogen-bond donors (Lipinski definition) is 2. The molecule has 5 rings (SSSR count). The third-order valence-corrected chi connectivity index (χ3v) is 7.21. The van der Waals surface area contributed by atoms with Crippen LogP contribution in [0.25, 0.3) is 10.9 Å². The molecule has 2 N–H and O–H groups in total. The van der Waals surface area contributed by atoms with E-state index in [1.165, 1.54) is 5.56 Å². The Balaban J connectivity index is 1.37. The molecule has 0 saturated heterocycles. The summed E-state index contributed by atoms with van der Waals surface area (Å²) in [5, 5.41) is 8.49. The quantitative estimate of drug-likeness (QED) is 0.579. The number of amides is 2. The first-order valence-electron chi connectivity index (χ1n) is 11.8. The van der Waals surface area contributed by atoms with Crippen LogP contribution in [0.5, 0.6) is 0 Å². The normalized spacial score (nSPS) is 16.6. The highest BCUT2D eigenvalue weighted by atomic mass is 16.5. The van der Waals surface area contributed by atoms with Crippen LogP contribution in [-0.4, -0.2) is 69.1 Å². The number of aromatic amines is 2. The van der Waals surface area contributed by atoms with Crippen molar-refractivity contribution < 1.29 is 14.3 Å². The fourth-order valence-corrected chi connectivity index (χ4v) is 4.84. The van der Waals surface area contributed by atoms with Gasteiger partial charge in [0.15, 0.2) is 5.69 Å². The van der Waals surface area contributed by atoms with Gasteiger partial charge in [-0.25, -0.2) is 0 Å². The van der Waals surface area contributed by atoms with Crippen molar-refractivity contribution in [2.75, 3.05) is 26.8 Å². The number of hydrogen-bond acceptors (Lipinski definition) is 4. The highest BCUT2D eigenvalue weighted by Gasteiger charge is 2.49. The minimum atomic E-state index is -0.232. The van der Waals surface area contributed by atoms with Gasteiger partial charge in [-0.05, 0) is 43.9 Å². The molecule has 174 valence electrons. The van der Waals surface area contributed by atoms with E-state index in [9.17, 15) is 9.59 Å². The molecule has 0 radical (unpaired) electrons. The molecule has 3 heterocycles. The van der Waals surface area contributed by atoms with Crippen molar-refractivity contribution in [2.45, 2.75) is 51.6 Å². The number of carbonyl (C=O) groups excluding carboxylic acids is 2. The molecule has 8 nitrogen and oxygen atoms in total. The Labute approximate surface area is 193 Å². The van der Waals surface area contributed by atoms with E-state index in [0.717, 1.165) is 41.4 Å². The van der Waals surface area contributed by atoms with Gasteiger partial charge < -0.3 is 19.5 Å². The summed E-state index contributed by atoms with van der Waals surface area (Å²) in [4.78, 5) is 33.6. The number of benzene rings is 1. The van der Waals surface area contributed by atoms with Crippen LogP contribution in [-0.2, 0) is 24.1 Å². The molecule has 3 aromatic rings. The number of likely N-dealkylation sites (N-methyl/N-ethyl adjacent to an activating group) is 1. The number of ether oxygens (including phenoxy) is 1. The van der Waals surface area contributed by atoms with Crippen molar-refractivity contribution in [1.29, 1.82) is 0 Å². The van der Waals surface area contributed by atoms with E-state index in [4.69, 9.17) is 4.74 Å². The summed E-state index contributed by atoms with van der Waals surface area (Å²) in [6, 6.07) is 8.05. The molecular formula is C25H31N5O3.